The van der Waals surface area contributed by atoms with E-state index in [0.29, 0.717) is 19.2 Å². The molecule has 0 spiro atoms. The Morgan fingerprint density at radius 3 is 3.14 bits per heavy atom. The van der Waals surface area contributed by atoms with E-state index < -0.39 is 0 Å². The number of oxazole rings is 1. The molecule has 14 heavy (non-hydrogen) atoms. The molecule has 0 fully saturated rings. The van der Waals surface area contributed by atoms with E-state index >= 15 is 0 Å². The van der Waals surface area contributed by atoms with Gasteiger partial charge in [0, 0.05) is 20.2 Å². The minimum atomic E-state index is 0.551. The van der Waals surface area contributed by atoms with Crippen LogP contribution in [-0.4, -0.2) is 31.8 Å². The van der Waals surface area contributed by atoms with Crippen LogP contribution < -0.4 is 10.6 Å². The van der Waals surface area contributed by atoms with Crippen LogP contribution in [-0.2, 0) is 11.3 Å². The van der Waals surface area contributed by atoms with Crippen molar-refractivity contribution in [1.29, 1.82) is 0 Å². The molecule has 0 saturated carbocycles. The molecule has 5 nitrogen and oxygen atoms in total. The van der Waals surface area contributed by atoms with E-state index in [0.717, 1.165) is 18.8 Å². The van der Waals surface area contributed by atoms with Crippen molar-refractivity contribution in [3.8, 4) is 0 Å². The third-order valence-electron chi connectivity index (χ3n) is 1.69. The fourth-order valence-electron chi connectivity index (χ4n) is 0.982. The number of hydrogen-bond acceptors (Lipinski definition) is 5. The number of hydrogen-bond donors (Lipinski definition) is 2. The minimum absolute atomic E-state index is 0.551. The molecule has 2 N–H and O–H groups in total. The highest BCUT2D eigenvalue weighted by Crippen LogP contribution is 2.06. The molecule has 0 aromatic carbocycles. The number of methoxy groups -OCH3 is 1. The number of aromatic nitrogens is 1. The maximum Gasteiger partial charge on any atom is 0.294 e. The first-order valence-corrected chi connectivity index (χ1v) is 4.74. The van der Waals surface area contributed by atoms with Gasteiger partial charge in [0.25, 0.3) is 6.01 Å². The predicted molar refractivity (Wildman–Crippen MR) is 54.2 cm³/mol. The Morgan fingerprint density at radius 2 is 2.43 bits per heavy atom. The van der Waals surface area contributed by atoms with Crippen molar-refractivity contribution < 1.29 is 9.15 Å². The summed E-state index contributed by atoms with van der Waals surface area (Å²) in [4.78, 5) is 4.22. The quantitative estimate of drug-likeness (QED) is 0.637. The molecule has 1 heterocycles. The largest absolute Gasteiger partial charge is 0.432 e. The van der Waals surface area contributed by atoms with Gasteiger partial charge in [-0.25, -0.2) is 0 Å². The topological polar surface area (TPSA) is 59.3 Å². The summed E-state index contributed by atoms with van der Waals surface area (Å²) in [6, 6.07) is 0.551. The molecule has 0 radical (unpaired) electrons. The van der Waals surface area contributed by atoms with Gasteiger partial charge in [-0.1, -0.05) is 6.92 Å². The van der Waals surface area contributed by atoms with Crippen LogP contribution >= 0.6 is 0 Å². The molecule has 0 aliphatic rings. The Bertz CT molecular complexity index is 250. The zero-order valence-corrected chi connectivity index (χ0v) is 8.67. The molecule has 0 atom stereocenters. The number of anilines is 1. The Morgan fingerprint density at radius 1 is 1.57 bits per heavy atom. The van der Waals surface area contributed by atoms with Gasteiger partial charge < -0.3 is 19.8 Å². The lowest BCUT2D eigenvalue weighted by Crippen LogP contribution is -2.12. The van der Waals surface area contributed by atoms with Crippen molar-refractivity contribution in [2.45, 2.75) is 13.5 Å². The van der Waals surface area contributed by atoms with Gasteiger partial charge in [0.2, 0.25) is 0 Å². The van der Waals surface area contributed by atoms with Crippen molar-refractivity contribution in [3.05, 3.63) is 12.0 Å². The van der Waals surface area contributed by atoms with Gasteiger partial charge >= 0.3 is 0 Å². The molecule has 0 amide bonds. The summed E-state index contributed by atoms with van der Waals surface area (Å²) in [7, 11) is 1.66. The fraction of sp³-hybridized carbons (Fsp3) is 0.667. The molecule has 1 aromatic heterocycles. The molecular formula is C9H17N3O2. The van der Waals surface area contributed by atoms with Crippen molar-refractivity contribution >= 4 is 6.01 Å². The number of ether oxygens (including phenoxy) is 1. The number of nitrogens with zero attached hydrogens (tertiary/aromatic N) is 1. The summed E-state index contributed by atoms with van der Waals surface area (Å²) in [6.07, 6.45) is 1.65. The predicted octanol–water partition coefficient (Wildman–Crippen LogP) is 0.842. The third-order valence-corrected chi connectivity index (χ3v) is 1.69. The molecule has 0 saturated heterocycles. The summed E-state index contributed by atoms with van der Waals surface area (Å²) < 4.78 is 10.1. The second-order valence-electron chi connectivity index (χ2n) is 2.84. The van der Waals surface area contributed by atoms with Crippen molar-refractivity contribution in [3.63, 3.8) is 0 Å². The average Bonchev–Trinajstić information content (AvgIpc) is 2.63. The van der Waals surface area contributed by atoms with E-state index in [1.807, 2.05) is 0 Å². The van der Waals surface area contributed by atoms with Crippen LogP contribution in [0.15, 0.2) is 10.7 Å². The lowest BCUT2D eigenvalue weighted by molar-refractivity contribution is 0.210. The first-order chi connectivity index (χ1) is 6.86. The molecule has 5 heteroatoms. The van der Waals surface area contributed by atoms with Crippen LogP contribution in [0.2, 0.25) is 0 Å². The van der Waals surface area contributed by atoms with E-state index in [1.165, 1.54) is 0 Å². The summed E-state index contributed by atoms with van der Waals surface area (Å²) in [5.74, 6) is 0. The standard InChI is InChI=1S/C9H17N3O2/c1-3-10-6-8-7-14-9(12-8)11-4-5-13-2/h7,10H,3-6H2,1-2H3,(H,11,12). The molecular weight excluding hydrogens is 182 g/mol. The lowest BCUT2D eigenvalue weighted by atomic mass is 10.5. The molecule has 1 aromatic rings. The van der Waals surface area contributed by atoms with Crippen LogP contribution in [0.1, 0.15) is 12.6 Å². The van der Waals surface area contributed by atoms with Gasteiger partial charge in [0.05, 0.1) is 12.3 Å². The highest BCUT2D eigenvalue weighted by atomic mass is 16.5. The van der Waals surface area contributed by atoms with Crippen LogP contribution in [0.4, 0.5) is 6.01 Å². The van der Waals surface area contributed by atoms with E-state index in [-0.39, 0.29) is 0 Å². The summed E-state index contributed by atoms with van der Waals surface area (Å²) >= 11 is 0. The lowest BCUT2D eigenvalue weighted by Gasteiger charge is -1.98. The Kier molecular flexibility index (Phi) is 5.03. The van der Waals surface area contributed by atoms with Crippen LogP contribution in [0, 0.1) is 0 Å². The maximum atomic E-state index is 5.19. The van der Waals surface area contributed by atoms with E-state index in [4.69, 9.17) is 9.15 Å². The highest BCUT2D eigenvalue weighted by molar-refractivity contribution is 5.20. The normalized spacial score (nSPS) is 10.4. The van der Waals surface area contributed by atoms with Crippen molar-refractivity contribution in [2.75, 3.05) is 32.1 Å². The van der Waals surface area contributed by atoms with Gasteiger partial charge in [-0.2, -0.15) is 4.98 Å². The molecule has 0 aliphatic heterocycles. The van der Waals surface area contributed by atoms with Crippen LogP contribution in [0.25, 0.3) is 0 Å². The van der Waals surface area contributed by atoms with Crippen molar-refractivity contribution in [2.24, 2.45) is 0 Å². The highest BCUT2D eigenvalue weighted by Gasteiger charge is 2.01. The van der Waals surface area contributed by atoms with E-state index in [9.17, 15) is 0 Å². The van der Waals surface area contributed by atoms with Crippen LogP contribution in [0.5, 0.6) is 0 Å². The second kappa shape index (κ2) is 6.39. The first-order valence-electron chi connectivity index (χ1n) is 4.74. The minimum Gasteiger partial charge on any atom is -0.432 e. The monoisotopic (exact) mass is 199 g/mol. The third kappa shape index (κ3) is 3.76. The van der Waals surface area contributed by atoms with E-state index in [2.05, 4.69) is 22.5 Å². The zero-order chi connectivity index (χ0) is 10.2. The first kappa shape index (κ1) is 11.0. The summed E-state index contributed by atoms with van der Waals surface area (Å²) in [5, 5.41) is 6.18. The molecule has 80 valence electrons. The Balaban J connectivity index is 2.27. The number of rotatable bonds is 7. The van der Waals surface area contributed by atoms with Gasteiger partial charge in [-0.15, -0.1) is 0 Å². The van der Waals surface area contributed by atoms with Gasteiger partial charge in [-0.3, -0.25) is 0 Å². The molecule has 0 unspecified atom stereocenters. The Hall–Kier alpha value is -1.07. The Labute approximate surface area is 83.8 Å². The summed E-state index contributed by atoms with van der Waals surface area (Å²) in [5.41, 5.74) is 0.909. The van der Waals surface area contributed by atoms with Gasteiger partial charge in [0.1, 0.15) is 6.26 Å². The molecule has 0 bridgehead atoms. The molecule has 0 aliphatic carbocycles. The van der Waals surface area contributed by atoms with Crippen molar-refractivity contribution in [1.82, 2.24) is 10.3 Å². The smallest absolute Gasteiger partial charge is 0.294 e. The second-order valence-corrected chi connectivity index (χ2v) is 2.84. The zero-order valence-electron chi connectivity index (χ0n) is 8.67. The maximum absolute atomic E-state index is 5.19. The average molecular weight is 199 g/mol. The SMILES string of the molecule is CCNCc1coc(NCCOC)n1. The van der Waals surface area contributed by atoms with Gasteiger partial charge in [0.15, 0.2) is 0 Å². The number of nitrogens with one attached hydrogen (secondary N) is 2. The van der Waals surface area contributed by atoms with Gasteiger partial charge in [-0.05, 0) is 6.54 Å². The summed E-state index contributed by atoms with van der Waals surface area (Å²) in [6.45, 7) is 5.08. The fourth-order valence-corrected chi connectivity index (χ4v) is 0.982. The van der Waals surface area contributed by atoms with Crippen LogP contribution in [0.3, 0.4) is 0 Å². The molecule has 1 rings (SSSR count). The van der Waals surface area contributed by atoms with E-state index in [1.54, 1.807) is 13.4 Å².